The van der Waals surface area contributed by atoms with E-state index in [2.05, 4.69) is 195 Å². The van der Waals surface area contributed by atoms with Gasteiger partial charge in [0.25, 0.3) is 0 Å². The first kappa shape index (κ1) is 75.6. The largest absolute Gasteiger partial charge is 0.414 e. The van der Waals surface area contributed by atoms with Crippen molar-refractivity contribution in [1.29, 1.82) is 0 Å². The molecule has 0 aromatic rings. The highest BCUT2D eigenvalue weighted by molar-refractivity contribution is 6.76. The molecule has 7 unspecified atom stereocenters. The molecule has 0 aliphatic carbocycles. The Morgan fingerprint density at radius 2 is 1.08 bits per heavy atom. The summed E-state index contributed by atoms with van der Waals surface area (Å²) >= 11 is 0. The second kappa shape index (κ2) is 28.5. The number of fused-ring (bicyclic) bond motifs is 2. The van der Waals surface area contributed by atoms with E-state index in [0.29, 0.717) is 25.9 Å². The van der Waals surface area contributed by atoms with Crippen molar-refractivity contribution < 1.29 is 55.3 Å². The monoisotopic (exact) mass is 1300 g/mol. The van der Waals surface area contributed by atoms with E-state index in [0.717, 1.165) is 56.9 Å². The minimum atomic E-state index is -2.52. The van der Waals surface area contributed by atoms with Crippen molar-refractivity contribution >= 4 is 47.4 Å². The fourth-order valence-corrected chi connectivity index (χ4v) is 18.8. The highest BCUT2D eigenvalue weighted by Crippen LogP contribution is 2.50. The molecule has 17 heteroatoms. The maximum Gasteiger partial charge on any atom is 0.193 e. The number of carbonyl (C=O) groups excluding carboxylic acids is 1. The van der Waals surface area contributed by atoms with Crippen molar-refractivity contribution in [3.8, 4) is 0 Å². The average molecular weight is 1310 g/mol. The SMILES string of the molecule is C=C1CC2CCC/C=C/C(O[Si](C)(C)C(C)(C)C)[C@@H]3O[C@H]4CCC(CC(=O)C[C@H]5[C@H](C[C@H]6O[C@@H](CCC1O2)C[C@@H](C)C6=C)OC(C[C@@H](CO[Si](C)(C)C(C)(C)C)O[Si](C)(C)C(C)(C)C)[C@@H]5OC)O[C@@H]4C(O[Si](C)(C)C(C)(C)C)C3O[Si](C)(C)C(C)(C)C. The molecule has 8 aliphatic heterocycles. The third-order valence-electron chi connectivity index (χ3n) is 23.6. The molecule has 0 saturated carbocycles. The molecular formula is C70H132O12Si5. The molecule has 8 heterocycles. The number of rotatable bonds is 14. The molecule has 8 rings (SSSR count). The summed E-state index contributed by atoms with van der Waals surface area (Å²) in [6.07, 6.45) is 9.76. The zero-order valence-electron chi connectivity index (χ0n) is 60.7. The lowest BCUT2D eigenvalue weighted by atomic mass is 9.81. The first-order valence-corrected chi connectivity index (χ1v) is 48.8. The Labute approximate surface area is 538 Å². The molecule has 0 N–H and O–H groups in total. The van der Waals surface area contributed by atoms with Gasteiger partial charge in [-0.05, 0) is 166 Å². The van der Waals surface area contributed by atoms with Crippen LogP contribution in [-0.2, 0) is 55.3 Å². The van der Waals surface area contributed by atoms with Gasteiger partial charge in [0.1, 0.15) is 30.2 Å². The highest BCUT2D eigenvalue weighted by Gasteiger charge is 2.59. The third kappa shape index (κ3) is 18.7. The van der Waals surface area contributed by atoms with Crippen LogP contribution in [0.3, 0.4) is 0 Å². The van der Waals surface area contributed by atoms with Gasteiger partial charge in [-0.15, -0.1) is 0 Å². The van der Waals surface area contributed by atoms with E-state index in [4.69, 9.17) is 57.1 Å². The van der Waals surface area contributed by atoms with Crippen LogP contribution >= 0.6 is 0 Å². The van der Waals surface area contributed by atoms with Crippen LogP contribution in [0.15, 0.2) is 36.5 Å². The van der Waals surface area contributed by atoms with Gasteiger partial charge in [0.15, 0.2) is 41.6 Å². The van der Waals surface area contributed by atoms with Gasteiger partial charge in [-0.2, -0.15) is 0 Å². The van der Waals surface area contributed by atoms with E-state index >= 15 is 4.79 Å². The van der Waals surface area contributed by atoms with Gasteiger partial charge < -0.3 is 50.6 Å². The van der Waals surface area contributed by atoms with E-state index in [1.807, 2.05) is 0 Å². The molecule has 8 aliphatic rings. The molecule has 0 spiro atoms. The Morgan fingerprint density at radius 3 is 1.64 bits per heavy atom. The summed E-state index contributed by atoms with van der Waals surface area (Å²) in [5.41, 5.74) is 2.27. The van der Waals surface area contributed by atoms with Crippen LogP contribution in [0.5, 0.6) is 0 Å². The Kier molecular flexibility index (Phi) is 24.7. The van der Waals surface area contributed by atoms with Gasteiger partial charge in [0.05, 0.1) is 73.8 Å². The Hall–Kier alpha value is -0.466. The fourth-order valence-electron chi connectivity index (χ4n) is 12.6. The summed E-state index contributed by atoms with van der Waals surface area (Å²) in [5.74, 6) is 0.145. The van der Waals surface area contributed by atoms with E-state index in [-0.39, 0.29) is 117 Å². The number of carbonyl (C=O) groups is 1. The molecule has 87 heavy (non-hydrogen) atoms. The quantitative estimate of drug-likeness (QED) is 0.122. The van der Waals surface area contributed by atoms with Crippen molar-refractivity contribution in [2.24, 2.45) is 11.8 Å². The molecular weight excluding hydrogens is 1170 g/mol. The maximum atomic E-state index is 15.4. The van der Waals surface area contributed by atoms with Crippen LogP contribution < -0.4 is 0 Å². The molecule has 5 saturated heterocycles. The molecule has 504 valence electrons. The van der Waals surface area contributed by atoms with Crippen molar-refractivity contribution in [3.05, 3.63) is 36.5 Å². The number of Topliss-reactive ketones (excluding diaryl/α,β-unsaturated/α-hetero) is 1. The number of hydrogen-bond acceptors (Lipinski definition) is 12. The minimum absolute atomic E-state index is 0.00116. The van der Waals surface area contributed by atoms with Gasteiger partial charge in [-0.25, -0.2) is 0 Å². The van der Waals surface area contributed by atoms with Crippen LogP contribution in [0.25, 0.3) is 0 Å². The summed E-state index contributed by atoms with van der Waals surface area (Å²) in [7, 11) is -10.1. The second-order valence-corrected chi connectivity index (χ2v) is 59.4. The summed E-state index contributed by atoms with van der Waals surface area (Å²) < 4.78 is 80.8. The van der Waals surface area contributed by atoms with Crippen LogP contribution in [0.2, 0.25) is 90.7 Å². The number of allylic oxidation sites excluding steroid dienone is 1. The predicted molar refractivity (Wildman–Crippen MR) is 371 cm³/mol. The van der Waals surface area contributed by atoms with Crippen LogP contribution in [0, 0.1) is 11.8 Å². The number of ether oxygens (including phenoxy) is 6. The topological polar surface area (TPSA) is 119 Å². The molecule has 0 amide bonds. The van der Waals surface area contributed by atoms with Gasteiger partial charge in [0.2, 0.25) is 0 Å². The standard InChI is InChI=1S/C70H132O12Si5/c1-46-39-51-35-37-55-47(2)40-50(74-55)33-31-30-32-34-57(80-85(24,25)68(10,11)12)63-65(82-87(28,29)70(16,17)18)64(81-86(26,27)69(13,14)15)62-56(78-63)38-36-52(76-62)41-49(71)42-54-59(44-58(75-51)48(46)3)77-60(61(54)72-19)43-53(79-84(22,23)67(7,8)9)45-73-83(20,21)66(4,5)6/h32,34,46,50-65H,2-3,30-31,33,35-45H2,1,4-29H3/b34-32+/t46-,50?,51+,52?,53+,54+,55?,56+,57?,58-,59+,60?,61-,62+,63+,64?,65?/m1/s1. The van der Waals surface area contributed by atoms with Gasteiger partial charge in [0, 0.05) is 38.7 Å². The van der Waals surface area contributed by atoms with Crippen molar-refractivity contribution in [3.63, 3.8) is 0 Å². The third-order valence-corrected chi connectivity index (χ3v) is 46.0. The number of hydrogen-bond donors (Lipinski definition) is 0. The molecule has 0 radical (unpaired) electrons. The average Bonchev–Trinajstić information content (AvgIpc) is 1.37. The number of ketones is 1. The Balaban J connectivity index is 1.44. The first-order chi connectivity index (χ1) is 39.6. The smallest absolute Gasteiger partial charge is 0.193 e. The Bertz CT molecular complexity index is 2320. The molecule has 0 aromatic carbocycles. The normalized spacial score (nSPS) is 34.8. The van der Waals surface area contributed by atoms with Gasteiger partial charge in [-0.1, -0.05) is 136 Å². The van der Waals surface area contributed by atoms with Crippen LogP contribution in [0.1, 0.15) is 194 Å². The molecule has 17 atom stereocenters. The maximum absolute atomic E-state index is 15.4. The lowest BCUT2D eigenvalue weighted by Gasteiger charge is -2.56. The number of methoxy groups -OCH3 is 1. The van der Waals surface area contributed by atoms with Crippen molar-refractivity contribution in [2.75, 3.05) is 13.7 Å². The highest BCUT2D eigenvalue weighted by atomic mass is 28.4. The zero-order chi connectivity index (χ0) is 65.6. The summed E-state index contributed by atoms with van der Waals surface area (Å²) in [4.78, 5) is 15.4. The zero-order valence-corrected chi connectivity index (χ0v) is 65.7. The lowest BCUT2D eigenvalue weighted by Crippen LogP contribution is -2.69. The molecule has 5 fully saturated rings. The summed E-state index contributed by atoms with van der Waals surface area (Å²) in [5, 5.41) is -0.254. The van der Waals surface area contributed by atoms with Crippen LogP contribution in [0.4, 0.5) is 0 Å². The van der Waals surface area contributed by atoms with Gasteiger partial charge in [-0.3, -0.25) is 4.79 Å². The first-order valence-electron chi connectivity index (χ1n) is 34.3. The molecule has 0 aromatic heterocycles. The van der Waals surface area contributed by atoms with Crippen LogP contribution in [-0.4, -0.2) is 153 Å². The van der Waals surface area contributed by atoms with Crippen molar-refractivity contribution in [1.82, 2.24) is 0 Å². The summed E-state index contributed by atoms with van der Waals surface area (Å²) in [6.45, 7) is 69.9. The van der Waals surface area contributed by atoms with Crippen molar-refractivity contribution in [2.45, 2.75) is 376 Å². The second-order valence-electron chi connectivity index (χ2n) is 35.5. The minimum Gasteiger partial charge on any atom is -0.414 e. The van der Waals surface area contributed by atoms with E-state index in [1.54, 1.807) is 7.11 Å². The summed E-state index contributed by atoms with van der Waals surface area (Å²) in [6, 6.07) is 0. The van der Waals surface area contributed by atoms with E-state index < -0.39 is 72.1 Å². The van der Waals surface area contributed by atoms with E-state index in [1.165, 1.54) is 5.57 Å². The fraction of sp³-hybridized carbons (Fsp3) is 0.900. The lowest BCUT2D eigenvalue weighted by molar-refractivity contribution is -0.266. The predicted octanol–water partition coefficient (Wildman–Crippen LogP) is 18.0. The molecule has 12 nitrogen and oxygen atoms in total. The van der Waals surface area contributed by atoms with E-state index in [9.17, 15) is 0 Å². The molecule has 8 bridgehead atoms. The Morgan fingerprint density at radius 1 is 0.552 bits per heavy atom. The van der Waals surface area contributed by atoms with Gasteiger partial charge >= 0.3 is 0 Å².